The Morgan fingerprint density at radius 2 is 2.19 bits per heavy atom. The Hall–Kier alpha value is -1.64. The smallest absolute Gasteiger partial charge is 0.242 e. The van der Waals surface area contributed by atoms with Gasteiger partial charge in [0.2, 0.25) is 5.91 Å². The summed E-state index contributed by atoms with van der Waals surface area (Å²) < 4.78 is 12.5. The van der Waals surface area contributed by atoms with Crippen LogP contribution in [0.15, 0.2) is 41.1 Å². The molecule has 1 atom stereocenters. The van der Waals surface area contributed by atoms with Gasteiger partial charge in [0, 0.05) is 12.4 Å². The van der Waals surface area contributed by atoms with E-state index in [0.29, 0.717) is 35.4 Å². The predicted octanol–water partition coefficient (Wildman–Crippen LogP) is 4.22. The van der Waals surface area contributed by atoms with Crippen LogP contribution < -0.4 is 9.47 Å². The van der Waals surface area contributed by atoms with Crippen molar-refractivity contribution >= 4 is 50.1 Å². The maximum atomic E-state index is 12.9. The second-order valence-corrected chi connectivity index (χ2v) is 8.60. The average Bonchev–Trinajstić information content (AvgIpc) is 2.90. The number of hydrogen-bond donors (Lipinski definition) is 0. The zero-order valence-corrected chi connectivity index (χ0v) is 18.2. The van der Waals surface area contributed by atoms with E-state index in [1.54, 1.807) is 24.4 Å². The molecule has 8 heteroatoms. The van der Waals surface area contributed by atoms with E-state index in [1.807, 2.05) is 31.2 Å². The van der Waals surface area contributed by atoms with Gasteiger partial charge in [-0.05, 0) is 58.6 Å². The minimum atomic E-state index is -0.246. The van der Waals surface area contributed by atoms with Gasteiger partial charge in [0.15, 0.2) is 11.5 Å². The molecule has 0 radical (unpaired) electrons. The standard InChI is InChI=1S/C19H19BrN2O3S2/c1-3-25-15-8-13(7-14(20)17(15)24-2)9-16-18(23)22(19(26)27-16)11-12-5-4-6-21-10-12/h4-8,10,16H,3,9,11H2,1-2H3/t16-/m0/s1. The van der Waals surface area contributed by atoms with Crippen LogP contribution in [0.3, 0.4) is 0 Å². The van der Waals surface area contributed by atoms with E-state index in [1.165, 1.54) is 11.8 Å². The Balaban J connectivity index is 1.76. The van der Waals surface area contributed by atoms with Crippen LogP contribution in [-0.2, 0) is 17.8 Å². The molecule has 5 nitrogen and oxygen atoms in total. The van der Waals surface area contributed by atoms with Crippen molar-refractivity contribution in [1.29, 1.82) is 0 Å². The summed E-state index contributed by atoms with van der Waals surface area (Å²) >= 11 is 10.4. The molecule has 2 heterocycles. The van der Waals surface area contributed by atoms with Crippen LogP contribution in [0.25, 0.3) is 0 Å². The molecule has 0 N–H and O–H groups in total. The lowest BCUT2D eigenvalue weighted by Gasteiger charge is -2.16. The van der Waals surface area contributed by atoms with E-state index in [2.05, 4.69) is 20.9 Å². The van der Waals surface area contributed by atoms with Crippen molar-refractivity contribution in [3.05, 3.63) is 52.3 Å². The number of carbonyl (C=O) groups is 1. The number of aromatic nitrogens is 1. The maximum absolute atomic E-state index is 12.9. The molecule has 0 spiro atoms. The van der Waals surface area contributed by atoms with Gasteiger partial charge in [-0.15, -0.1) is 0 Å². The SMILES string of the molecule is CCOc1cc(C[C@@H]2SC(=S)N(Cc3cccnc3)C2=O)cc(Br)c1OC. The van der Waals surface area contributed by atoms with Crippen LogP contribution in [0.2, 0.25) is 0 Å². The number of carbonyl (C=O) groups excluding carboxylic acids is 1. The highest BCUT2D eigenvalue weighted by Gasteiger charge is 2.37. The van der Waals surface area contributed by atoms with Gasteiger partial charge in [0.25, 0.3) is 0 Å². The molecule has 2 aromatic rings. The highest BCUT2D eigenvalue weighted by molar-refractivity contribution is 9.10. The summed E-state index contributed by atoms with van der Waals surface area (Å²) in [5, 5.41) is -0.246. The van der Waals surface area contributed by atoms with Crippen molar-refractivity contribution in [2.75, 3.05) is 13.7 Å². The van der Waals surface area contributed by atoms with Gasteiger partial charge in [-0.3, -0.25) is 14.7 Å². The first-order valence-electron chi connectivity index (χ1n) is 8.43. The molecule has 142 valence electrons. The highest BCUT2D eigenvalue weighted by atomic mass is 79.9. The van der Waals surface area contributed by atoms with Gasteiger partial charge in [0.05, 0.1) is 30.0 Å². The minimum absolute atomic E-state index is 0.0266. The first-order chi connectivity index (χ1) is 13.0. The third-order valence-electron chi connectivity index (χ3n) is 4.06. The molecule has 1 aliphatic heterocycles. The number of rotatable bonds is 7. The number of ether oxygens (including phenoxy) is 2. The summed E-state index contributed by atoms with van der Waals surface area (Å²) in [7, 11) is 1.60. The number of halogens is 1. The molecule has 0 aliphatic carbocycles. The van der Waals surface area contributed by atoms with Crippen LogP contribution in [0.1, 0.15) is 18.1 Å². The summed E-state index contributed by atoms with van der Waals surface area (Å²) in [5.41, 5.74) is 1.95. The molecule has 1 aliphatic rings. The highest BCUT2D eigenvalue weighted by Crippen LogP contribution is 2.38. The molecular formula is C19H19BrN2O3S2. The number of pyridine rings is 1. The Labute approximate surface area is 176 Å². The third-order valence-corrected chi connectivity index (χ3v) is 6.24. The van der Waals surface area contributed by atoms with E-state index in [4.69, 9.17) is 21.7 Å². The topological polar surface area (TPSA) is 51.7 Å². The predicted molar refractivity (Wildman–Crippen MR) is 114 cm³/mol. The van der Waals surface area contributed by atoms with Gasteiger partial charge in [-0.2, -0.15) is 0 Å². The van der Waals surface area contributed by atoms with E-state index >= 15 is 0 Å². The molecule has 1 saturated heterocycles. The molecule has 0 bridgehead atoms. The summed E-state index contributed by atoms with van der Waals surface area (Å²) in [4.78, 5) is 18.6. The summed E-state index contributed by atoms with van der Waals surface area (Å²) in [6.45, 7) is 2.91. The number of methoxy groups -OCH3 is 1. The lowest BCUT2D eigenvalue weighted by atomic mass is 10.1. The van der Waals surface area contributed by atoms with Gasteiger partial charge in [-0.25, -0.2) is 0 Å². The van der Waals surface area contributed by atoms with E-state index < -0.39 is 0 Å². The largest absolute Gasteiger partial charge is 0.492 e. The van der Waals surface area contributed by atoms with Crippen LogP contribution in [0.5, 0.6) is 11.5 Å². The summed E-state index contributed by atoms with van der Waals surface area (Å²) in [5.74, 6) is 1.34. The first kappa shape index (κ1) is 20.1. The molecule has 27 heavy (non-hydrogen) atoms. The third kappa shape index (κ3) is 4.62. The fourth-order valence-electron chi connectivity index (χ4n) is 2.86. The average molecular weight is 467 g/mol. The van der Waals surface area contributed by atoms with E-state index in [0.717, 1.165) is 15.6 Å². The Morgan fingerprint density at radius 3 is 2.85 bits per heavy atom. The first-order valence-corrected chi connectivity index (χ1v) is 10.5. The zero-order valence-electron chi connectivity index (χ0n) is 15.0. The van der Waals surface area contributed by atoms with Crippen molar-refractivity contribution < 1.29 is 14.3 Å². The van der Waals surface area contributed by atoms with Crippen LogP contribution in [-0.4, -0.2) is 39.1 Å². The number of benzene rings is 1. The van der Waals surface area contributed by atoms with Gasteiger partial charge in [0.1, 0.15) is 4.32 Å². The maximum Gasteiger partial charge on any atom is 0.242 e. The van der Waals surface area contributed by atoms with E-state index in [9.17, 15) is 4.79 Å². The normalized spacial score (nSPS) is 16.7. The summed E-state index contributed by atoms with van der Waals surface area (Å²) in [6, 6.07) is 7.68. The fraction of sp³-hybridized carbons (Fsp3) is 0.316. The fourth-order valence-corrected chi connectivity index (χ4v) is 5.04. The van der Waals surface area contributed by atoms with Crippen molar-refractivity contribution in [2.24, 2.45) is 0 Å². The zero-order chi connectivity index (χ0) is 19.4. The van der Waals surface area contributed by atoms with Crippen molar-refractivity contribution in [3.63, 3.8) is 0 Å². The Morgan fingerprint density at radius 1 is 1.37 bits per heavy atom. The molecule has 0 unspecified atom stereocenters. The summed E-state index contributed by atoms with van der Waals surface area (Å²) in [6.07, 6.45) is 4.03. The Kier molecular flexibility index (Phi) is 6.73. The molecule has 1 aromatic carbocycles. The van der Waals surface area contributed by atoms with Gasteiger partial charge in [-0.1, -0.05) is 30.0 Å². The molecule has 1 aromatic heterocycles. The molecule has 1 amide bonds. The van der Waals surface area contributed by atoms with Crippen molar-refractivity contribution in [3.8, 4) is 11.5 Å². The van der Waals surface area contributed by atoms with Crippen molar-refractivity contribution in [2.45, 2.75) is 25.1 Å². The van der Waals surface area contributed by atoms with Crippen molar-refractivity contribution in [1.82, 2.24) is 9.88 Å². The molecule has 0 saturated carbocycles. The monoisotopic (exact) mass is 466 g/mol. The van der Waals surface area contributed by atoms with Gasteiger partial charge < -0.3 is 9.47 Å². The number of amides is 1. The minimum Gasteiger partial charge on any atom is -0.492 e. The van der Waals surface area contributed by atoms with Crippen LogP contribution in [0.4, 0.5) is 0 Å². The second-order valence-electron chi connectivity index (χ2n) is 5.90. The number of nitrogens with zero attached hydrogens (tertiary/aromatic N) is 2. The van der Waals surface area contributed by atoms with Gasteiger partial charge >= 0.3 is 0 Å². The number of hydrogen-bond acceptors (Lipinski definition) is 6. The lowest BCUT2D eigenvalue weighted by Crippen LogP contribution is -2.31. The van der Waals surface area contributed by atoms with E-state index in [-0.39, 0.29) is 11.2 Å². The second kappa shape index (κ2) is 9.03. The Bertz CT molecular complexity index is 848. The quantitative estimate of drug-likeness (QED) is 0.569. The molecular weight excluding hydrogens is 448 g/mol. The molecule has 1 fully saturated rings. The molecule has 3 rings (SSSR count). The lowest BCUT2D eigenvalue weighted by molar-refractivity contribution is -0.126. The van der Waals surface area contributed by atoms with Crippen LogP contribution >= 0.6 is 39.9 Å². The number of thiocarbonyl (C=S) groups is 1. The van der Waals surface area contributed by atoms with Crippen LogP contribution in [0, 0.1) is 0 Å². The number of thioether (sulfide) groups is 1.